The lowest BCUT2D eigenvalue weighted by molar-refractivity contribution is 0.598. The Balaban J connectivity index is 2.14. The summed E-state index contributed by atoms with van der Waals surface area (Å²) in [6.45, 7) is 3.91. The van der Waals surface area contributed by atoms with Crippen molar-refractivity contribution in [3.63, 3.8) is 0 Å². The molecule has 108 valence electrons. The normalized spacial score (nSPS) is 12.3. The van der Waals surface area contributed by atoms with Crippen LogP contribution in [0, 0.1) is 13.8 Å². The fraction of sp³-hybridized carbons (Fsp3) is 0.118. The van der Waals surface area contributed by atoms with Gasteiger partial charge in [0.15, 0.2) is 0 Å². The maximum absolute atomic E-state index is 12.0. The third-order valence-electron chi connectivity index (χ3n) is 3.07. The van der Waals surface area contributed by atoms with Gasteiger partial charge in [0.2, 0.25) is 0 Å². The Morgan fingerprint density at radius 2 is 1.62 bits per heavy atom. The zero-order valence-electron chi connectivity index (χ0n) is 12.0. The van der Waals surface area contributed by atoms with Gasteiger partial charge in [-0.05, 0) is 43.2 Å². The molecular formula is C17H17NO2S. The largest absolute Gasteiger partial charge is 0.282 e. The lowest BCUT2D eigenvalue weighted by atomic mass is 10.1. The van der Waals surface area contributed by atoms with E-state index in [1.54, 1.807) is 30.3 Å². The highest BCUT2D eigenvalue weighted by Gasteiger charge is 2.09. The Kier molecular flexibility index (Phi) is 4.70. The molecule has 2 aromatic rings. The molecule has 2 aromatic carbocycles. The van der Waals surface area contributed by atoms with Crippen molar-refractivity contribution in [2.45, 2.75) is 18.7 Å². The molecule has 3 nitrogen and oxygen atoms in total. The summed E-state index contributed by atoms with van der Waals surface area (Å²) < 4.78 is 27.6. The molecule has 0 aliphatic rings. The molecule has 0 aromatic heterocycles. The van der Waals surface area contributed by atoms with Crippen LogP contribution in [0.5, 0.6) is 0 Å². The number of hydrogen-bond acceptors (Lipinski definition) is 2. The van der Waals surface area contributed by atoms with Gasteiger partial charge < -0.3 is 0 Å². The zero-order chi connectivity index (χ0) is 15.3. The minimum atomic E-state index is -3.62. The van der Waals surface area contributed by atoms with Gasteiger partial charge in [0, 0.05) is 6.21 Å². The van der Waals surface area contributed by atoms with Crippen LogP contribution in [0.4, 0.5) is 0 Å². The van der Waals surface area contributed by atoms with E-state index >= 15 is 0 Å². The van der Waals surface area contributed by atoms with E-state index in [9.17, 15) is 8.42 Å². The van der Waals surface area contributed by atoms with Crippen molar-refractivity contribution in [3.05, 3.63) is 71.3 Å². The molecule has 4 heteroatoms. The smallest absolute Gasteiger partial charge is 0.199 e. The molecular weight excluding hydrogens is 282 g/mol. The highest BCUT2D eigenvalue weighted by atomic mass is 32.2. The van der Waals surface area contributed by atoms with E-state index in [1.165, 1.54) is 6.21 Å². The van der Waals surface area contributed by atoms with Crippen LogP contribution >= 0.6 is 0 Å². The Hall–Kier alpha value is -2.20. The van der Waals surface area contributed by atoms with Gasteiger partial charge in [-0.25, -0.2) is 0 Å². The third kappa shape index (κ3) is 4.13. The van der Waals surface area contributed by atoms with Crippen LogP contribution in [0.1, 0.15) is 16.7 Å². The first kappa shape index (κ1) is 15.2. The van der Waals surface area contributed by atoms with Gasteiger partial charge in [-0.2, -0.15) is 12.8 Å². The number of sulfonamides is 1. The van der Waals surface area contributed by atoms with E-state index in [0.717, 1.165) is 16.7 Å². The van der Waals surface area contributed by atoms with E-state index < -0.39 is 10.0 Å². The summed E-state index contributed by atoms with van der Waals surface area (Å²) in [4.78, 5) is 0.202. The summed E-state index contributed by atoms with van der Waals surface area (Å²) in [5.41, 5.74) is 3.18. The molecule has 0 spiro atoms. The average molecular weight is 299 g/mol. The van der Waals surface area contributed by atoms with E-state index in [2.05, 4.69) is 4.40 Å². The summed E-state index contributed by atoms with van der Waals surface area (Å²) in [7, 11) is -3.62. The first-order chi connectivity index (χ1) is 9.99. The molecule has 0 heterocycles. The monoisotopic (exact) mass is 299 g/mol. The molecule has 2 rings (SSSR count). The summed E-state index contributed by atoms with van der Waals surface area (Å²) in [5.74, 6) is 0. The zero-order valence-corrected chi connectivity index (χ0v) is 12.8. The van der Waals surface area contributed by atoms with Gasteiger partial charge in [-0.1, -0.05) is 48.0 Å². The van der Waals surface area contributed by atoms with Gasteiger partial charge in [0.1, 0.15) is 0 Å². The first-order valence-electron chi connectivity index (χ1n) is 6.58. The van der Waals surface area contributed by atoms with Crippen molar-refractivity contribution in [2.75, 3.05) is 0 Å². The number of benzene rings is 2. The maximum atomic E-state index is 12.0. The Labute approximate surface area is 125 Å². The molecule has 0 atom stereocenters. The fourth-order valence-corrected chi connectivity index (χ4v) is 2.64. The number of rotatable bonds is 4. The van der Waals surface area contributed by atoms with E-state index in [1.807, 2.05) is 44.2 Å². The molecule has 0 N–H and O–H groups in total. The second-order valence-electron chi connectivity index (χ2n) is 4.76. The van der Waals surface area contributed by atoms with Crippen molar-refractivity contribution >= 4 is 22.3 Å². The van der Waals surface area contributed by atoms with Crippen molar-refractivity contribution in [2.24, 2.45) is 4.40 Å². The van der Waals surface area contributed by atoms with Crippen LogP contribution in [-0.2, 0) is 10.0 Å². The summed E-state index contributed by atoms with van der Waals surface area (Å²) in [6.07, 6.45) is 4.78. The maximum Gasteiger partial charge on any atom is 0.282 e. The minimum Gasteiger partial charge on any atom is -0.199 e. The second kappa shape index (κ2) is 6.50. The second-order valence-corrected chi connectivity index (χ2v) is 6.39. The molecule has 0 saturated heterocycles. The molecule has 21 heavy (non-hydrogen) atoms. The SMILES string of the molecule is Cc1ccc(S(=O)(=O)/N=C/C=C/c2ccccc2C)cc1. The molecule has 0 saturated carbocycles. The number of aryl methyl sites for hydroxylation is 2. The molecule has 0 amide bonds. The van der Waals surface area contributed by atoms with Crippen LogP contribution in [-0.4, -0.2) is 14.6 Å². The Morgan fingerprint density at radius 3 is 2.29 bits per heavy atom. The Morgan fingerprint density at radius 1 is 0.952 bits per heavy atom. The van der Waals surface area contributed by atoms with Crippen molar-refractivity contribution in [1.29, 1.82) is 0 Å². The van der Waals surface area contributed by atoms with Crippen molar-refractivity contribution in [3.8, 4) is 0 Å². The lowest BCUT2D eigenvalue weighted by Gasteiger charge is -1.98. The number of hydrogen-bond donors (Lipinski definition) is 0. The fourth-order valence-electron chi connectivity index (χ4n) is 1.81. The van der Waals surface area contributed by atoms with Crippen molar-refractivity contribution < 1.29 is 8.42 Å². The summed E-state index contributed by atoms with van der Waals surface area (Å²) in [6, 6.07) is 14.5. The highest BCUT2D eigenvalue weighted by molar-refractivity contribution is 7.90. The van der Waals surface area contributed by atoms with Crippen LogP contribution in [0.15, 0.2) is 63.9 Å². The lowest BCUT2D eigenvalue weighted by Crippen LogP contribution is -1.96. The summed E-state index contributed by atoms with van der Waals surface area (Å²) in [5, 5.41) is 0. The molecule has 0 aliphatic carbocycles. The van der Waals surface area contributed by atoms with E-state index in [4.69, 9.17) is 0 Å². The summed E-state index contributed by atoms with van der Waals surface area (Å²) >= 11 is 0. The number of allylic oxidation sites excluding steroid dienone is 1. The topological polar surface area (TPSA) is 46.5 Å². The molecule has 0 unspecified atom stereocenters. The highest BCUT2D eigenvalue weighted by Crippen LogP contribution is 2.13. The van der Waals surface area contributed by atoms with Gasteiger partial charge in [-0.3, -0.25) is 0 Å². The average Bonchev–Trinajstić information content (AvgIpc) is 2.46. The predicted molar refractivity (Wildman–Crippen MR) is 87.1 cm³/mol. The van der Waals surface area contributed by atoms with Gasteiger partial charge in [-0.15, -0.1) is 0 Å². The van der Waals surface area contributed by atoms with Crippen LogP contribution in [0.25, 0.3) is 6.08 Å². The molecule has 0 radical (unpaired) electrons. The molecule has 0 fully saturated rings. The van der Waals surface area contributed by atoms with Gasteiger partial charge in [0.05, 0.1) is 4.90 Å². The minimum absolute atomic E-state index is 0.202. The van der Waals surface area contributed by atoms with Crippen LogP contribution in [0.3, 0.4) is 0 Å². The quantitative estimate of drug-likeness (QED) is 0.807. The van der Waals surface area contributed by atoms with Gasteiger partial charge >= 0.3 is 0 Å². The van der Waals surface area contributed by atoms with Crippen LogP contribution < -0.4 is 0 Å². The molecule has 0 bridgehead atoms. The van der Waals surface area contributed by atoms with Crippen molar-refractivity contribution in [1.82, 2.24) is 0 Å². The van der Waals surface area contributed by atoms with E-state index in [-0.39, 0.29) is 4.90 Å². The third-order valence-corrected chi connectivity index (χ3v) is 4.34. The first-order valence-corrected chi connectivity index (χ1v) is 8.02. The van der Waals surface area contributed by atoms with Gasteiger partial charge in [0.25, 0.3) is 10.0 Å². The number of nitrogens with zero attached hydrogens (tertiary/aromatic N) is 1. The van der Waals surface area contributed by atoms with Crippen LogP contribution in [0.2, 0.25) is 0 Å². The van der Waals surface area contributed by atoms with E-state index in [0.29, 0.717) is 0 Å². The molecule has 0 aliphatic heterocycles. The standard InChI is InChI=1S/C17H17NO2S/c1-14-9-11-17(12-10-14)21(19,20)18-13-5-8-16-7-4-3-6-15(16)2/h3-13H,1-2H3/b8-5+,18-13+. The Bertz CT molecular complexity index is 773. The predicted octanol–water partition coefficient (Wildman–Crippen LogP) is 3.78.